The monoisotopic (exact) mass is 355 g/mol. The molecule has 1 amide bonds. The van der Waals surface area contributed by atoms with Gasteiger partial charge in [0.25, 0.3) is 10.0 Å². The van der Waals surface area contributed by atoms with E-state index in [1.807, 2.05) is 29.0 Å². The van der Waals surface area contributed by atoms with Gasteiger partial charge in [-0.25, -0.2) is 21.6 Å². The highest BCUT2D eigenvalue weighted by Gasteiger charge is 2.35. The summed E-state index contributed by atoms with van der Waals surface area (Å²) in [6, 6.07) is 7.49. The molecule has 1 atom stereocenters. The molecule has 1 aliphatic heterocycles. The van der Waals surface area contributed by atoms with Crippen LogP contribution >= 0.6 is 0 Å². The molecule has 1 saturated heterocycles. The van der Waals surface area contributed by atoms with Crippen LogP contribution in [0.3, 0.4) is 0 Å². The number of amides is 1. The molecule has 1 aromatic rings. The van der Waals surface area contributed by atoms with E-state index in [4.69, 9.17) is 0 Å². The van der Waals surface area contributed by atoms with Crippen molar-refractivity contribution >= 4 is 31.8 Å². The highest BCUT2D eigenvalue weighted by molar-refractivity contribution is 7.94. The number of fused-ring (bicyclic) bond motifs is 1. The van der Waals surface area contributed by atoms with Gasteiger partial charge in [0.2, 0.25) is 5.91 Å². The quantitative estimate of drug-likeness (QED) is 0.867. The maximum absolute atomic E-state index is 12.4. The Morgan fingerprint density at radius 1 is 1.17 bits per heavy atom. The fraction of sp³-hybridized carbons (Fsp3) is 0.400. The lowest BCUT2D eigenvalue weighted by molar-refractivity contribution is -0.122. The Kier molecular flexibility index (Phi) is 4.05. The van der Waals surface area contributed by atoms with E-state index in [-0.39, 0.29) is 22.8 Å². The van der Waals surface area contributed by atoms with E-state index in [1.54, 1.807) is 6.08 Å². The minimum Gasteiger partial charge on any atom is -0.274 e. The zero-order valence-electron chi connectivity index (χ0n) is 12.4. The summed E-state index contributed by atoms with van der Waals surface area (Å²) in [5.41, 5.74) is 1.90. The first-order valence-electron chi connectivity index (χ1n) is 7.32. The third-order valence-corrected chi connectivity index (χ3v) is 7.45. The summed E-state index contributed by atoms with van der Waals surface area (Å²) in [6.07, 6.45) is 2.66. The first kappa shape index (κ1) is 16.2. The van der Waals surface area contributed by atoms with E-state index in [0.29, 0.717) is 12.8 Å². The Bertz CT molecular complexity index is 884. The lowest BCUT2D eigenvalue weighted by atomic mass is 9.98. The van der Waals surface area contributed by atoms with Crippen molar-refractivity contribution in [2.24, 2.45) is 5.92 Å². The van der Waals surface area contributed by atoms with E-state index in [2.05, 4.69) is 0 Å². The summed E-state index contributed by atoms with van der Waals surface area (Å²) in [5.74, 6) is -1.87. The normalized spacial score (nSPS) is 23.0. The number of aryl methyl sites for hydroxylation is 1. The minimum absolute atomic E-state index is 0.0682. The molecule has 0 saturated carbocycles. The van der Waals surface area contributed by atoms with Crippen LogP contribution in [0.25, 0.3) is 6.08 Å². The minimum atomic E-state index is -3.93. The highest BCUT2D eigenvalue weighted by atomic mass is 32.2. The SMILES string of the molecule is O=C(NS(=O)(=O)C1=Cc2ccccc2CC1)C1CCS(=O)(=O)C1. The molecule has 0 aromatic heterocycles. The molecule has 1 N–H and O–H groups in total. The number of carbonyl (C=O) groups is 1. The van der Waals surface area contributed by atoms with Gasteiger partial charge in [0.05, 0.1) is 22.3 Å². The van der Waals surface area contributed by atoms with Gasteiger partial charge in [0, 0.05) is 0 Å². The maximum Gasteiger partial charge on any atom is 0.260 e. The molecule has 1 heterocycles. The molecule has 8 heteroatoms. The van der Waals surface area contributed by atoms with E-state index in [0.717, 1.165) is 11.1 Å². The predicted octanol–water partition coefficient (Wildman–Crippen LogP) is 0.854. The summed E-state index contributed by atoms with van der Waals surface area (Å²) in [7, 11) is -7.16. The summed E-state index contributed by atoms with van der Waals surface area (Å²) in [6.45, 7) is 0. The van der Waals surface area contributed by atoms with Crippen LogP contribution in [0.15, 0.2) is 29.2 Å². The summed E-state index contributed by atoms with van der Waals surface area (Å²) in [5, 5.41) is 0. The molecule has 23 heavy (non-hydrogen) atoms. The van der Waals surface area contributed by atoms with Gasteiger partial charge in [-0.3, -0.25) is 4.79 Å². The predicted molar refractivity (Wildman–Crippen MR) is 86.6 cm³/mol. The molecule has 124 valence electrons. The zero-order valence-corrected chi connectivity index (χ0v) is 14.0. The summed E-state index contributed by atoms with van der Waals surface area (Å²) < 4.78 is 49.6. The average molecular weight is 355 g/mol. The molecule has 0 spiro atoms. The van der Waals surface area contributed by atoms with Gasteiger partial charge in [0.1, 0.15) is 0 Å². The van der Waals surface area contributed by atoms with E-state index >= 15 is 0 Å². The molecule has 2 aliphatic rings. The Labute approximate surface area is 135 Å². The molecule has 1 aromatic carbocycles. The van der Waals surface area contributed by atoms with E-state index in [1.165, 1.54) is 0 Å². The molecule has 1 fully saturated rings. The standard InChI is InChI=1S/C15H17NO5S2/c17-15(13-7-8-22(18,19)10-13)16-23(20,21)14-6-5-11-3-1-2-4-12(11)9-14/h1-4,9,13H,5-8,10H2,(H,16,17). The van der Waals surface area contributed by atoms with Crippen LogP contribution in [-0.2, 0) is 31.1 Å². The number of nitrogens with one attached hydrogen (secondary N) is 1. The van der Waals surface area contributed by atoms with Gasteiger partial charge >= 0.3 is 0 Å². The van der Waals surface area contributed by atoms with Crippen LogP contribution in [0.5, 0.6) is 0 Å². The first-order valence-corrected chi connectivity index (χ1v) is 10.6. The third-order valence-electron chi connectivity index (χ3n) is 4.20. The Hall–Kier alpha value is -1.67. The van der Waals surface area contributed by atoms with Crippen molar-refractivity contribution in [1.29, 1.82) is 0 Å². The highest BCUT2D eigenvalue weighted by Crippen LogP contribution is 2.27. The average Bonchev–Trinajstić information content (AvgIpc) is 2.86. The van der Waals surface area contributed by atoms with Crippen LogP contribution < -0.4 is 4.72 Å². The summed E-state index contributed by atoms with van der Waals surface area (Å²) >= 11 is 0. The Morgan fingerprint density at radius 2 is 1.91 bits per heavy atom. The van der Waals surface area contributed by atoms with Crippen LogP contribution in [0.1, 0.15) is 24.0 Å². The van der Waals surface area contributed by atoms with Crippen LogP contribution in [-0.4, -0.2) is 34.2 Å². The summed E-state index contributed by atoms with van der Waals surface area (Å²) in [4.78, 5) is 12.2. The van der Waals surface area contributed by atoms with Crippen LogP contribution in [0.4, 0.5) is 0 Å². The van der Waals surface area contributed by atoms with Crippen molar-refractivity contribution in [3.8, 4) is 0 Å². The van der Waals surface area contributed by atoms with Crippen molar-refractivity contribution in [3.05, 3.63) is 40.3 Å². The smallest absolute Gasteiger partial charge is 0.260 e. The van der Waals surface area contributed by atoms with Crippen molar-refractivity contribution in [2.75, 3.05) is 11.5 Å². The van der Waals surface area contributed by atoms with Gasteiger partial charge in [-0.05, 0) is 36.5 Å². The van der Waals surface area contributed by atoms with Crippen LogP contribution in [0.2, 0.25) is 0 Å². The Morgan fingerprint density at radius 3 is 2.61 bits per heavy atom. The van der Waals surface area contributed by atoms with Crippen molar-refractivity contribution in [3.63, 3.8) is 0 Å². The van der Waals surface area contributed by atoms with Crippen molar-refractivity contribution in [1.82, 2.24) is 4.72 Å². The first-order chi connectivity index (χ1) is 10.8. The third kappa shape index (κ3) is 3.48. The van der Waals surface area contributed by atoms with Gasteiger partial charge in [0.15, 0.2) is 9.84 Å². The fourth-order valence-corrected chi connectivity index (χ4v) is 5.86. The number of hydrogen-bond donors (Lipinski definition) is 1. The number of allylic oxidation sites excluding steroid dienone is 1. The second-order valence-corrected chi connectivity index (χ2v) is 9.84. The lowest BCUT2D eigenvalue weighted by Gasteiger charge is -2.17. The number of carbonyl (C=O) groups excluding carboxylic acids is 1. The Balaban J connectivity index is 1.78. The van der Waals surface area contributed by atoms with Gasteiger partial charge < -0.3 is 0 Å². The second-order valence-electron chi connectivity index (χ2n) is 5.88. The molecular formula is C15H17NO5S2. The molecule has 6 nitrogen and oxygen atoms in total. The fourth-order valence-electron chi connectivity index (χ4n) is 2.90. The molecule has 3 rings (SSSR count). The van der Waals surface area contributed by atoms with Gasteiger partial charge in [-0.2, -0.15) is 0 Å². The largest absolute Gasteiger partial charge is 0.274 e. The molecular weight excluding hydrogens is 338 g/mol. The number of benzene rings is 1. The molecule has 0 bridgehead atoms. The number of sulfonamides is 1. The second kappa shape index (κ2) is 5.76. The zero-order chi connectivity index (χ0) is 16.7. The van der Waals surface area contributed by atoms with Crippen molar-refractivity contribution in [2.45, 2.75) is 19.3 Å². The molecule has 1 unspecified atom stereocenters. The topological polar surface area (TPSA) is 97.4 Å². The number of sulfone groups is 1. The lowest BCUT2D eigenvalue weighted by Crippen LogP contribution is -2.37. The van der Waals surface area contributed by atoms with Crippen molar-refractivity contribution < 1.29 is 21.6 Å². The number of rotatable bonds is 3. The molecule has 1 aliphatic carbocycles. The number of hydrogen-bond acceptors (Lipinski definition) is 5. The van der Waals surface area contributed by atoms with E-state index in [9.17, 15) is 21.6 Å². The molecule has 0 radical (unpaired) electrons. The van der Waals surface area contributed by atoms with Gasteiger partial charge in [-0.1, -0.05) is 24.3 Å². The van der Waals surface area contributed by atoms with Gasteiger partial charge in [-0.15, -0.1) is 0 Å². The van der Waals surface area contributed by atoms with Crippen LogP contribution in [0, 0.1) is 5.92 Å². The van der Waals surface area contributed by atoms with E-state index < -0.39 is 31.7 Å². The maximum atomic E-state index is 12.4.